The molecule has 3 rings (SSSR count). The number of sulfonamides is 1. The van der Waals surface area contributed by atoms with Crippen LogP contribution in [0.15, 0.2) is 53.4 Å². The number of carbonyl (C=O) groups is 1. The number of halogens is 3. The second kappa shape index (κ2) is 8.77. The monoisotopic (exact) mass is 440 g/mol. The van der Waals surface area contributed by atoms with Gasteiger partial charge in [0.15, 0.2) is 0 Å². The van der Waals surface area contributed by atoms with Crippen LogP contribution < -0.4 is 5.32 Å². The maximum absolute atomic E-state index is 13.1. The highest BCUT2D eigenvalue weighted by Crippen LogP contribution is 2.31. The molecular weight excluding hydrogens is 417 g/mol. The number of alkyl halides is 3. The number of hydrogen-bond donors (Lipinski definition) is 1. The Morgan fingerprint density at radius 1 is 1.13 bits per heavy atom. The van der Waals surface area contributed by atoms with E-state index in [4.69, 9.17) is 0 Å². The first-order valence-electron chi connectivity index (χ1n) is 9.63. The van der Waals surface area contributed by atoms with Gasteiger partial charge < -0.3 is 5.32 Å². The molecule has 0 aliphatic carbocycles. The quantitative estimate of drug-likeness (QED) is 0.740. The van der Waals surface area contributed by atoms with Gasteiger partial charge in [0.25, 0.3) is 0 Å². The van der Waals surface area contributed by atoms with Crippen molar-refractivity contribution in [3.63, 3.8) is 0 Å². The molecule has 1 saturated heterocycles. The minimum absolute atomic E-state index is 0.0265. The van der Waals surface area contributed by atoms with E-state index in [1.54, 1.807) is 24.3 Å². The van der Waals surface area contributed by atoms with Crippen LogP contribution in [-0.2, 0) is 21.0 Å². The third kappa shape index (κ3) is 5.20. The number of nitrogens with one attached hydrogen (secondary N) is 1. The van der Waals surface area contributed by atoms with Crippen LogP contribution in [0.5, 0.6) is 0 Å². The molecule has 1 N–H and O–H groups in total. The predicted molar refractivity (Wildman–Crippen MR) is 107 cm³/mol. The zero-order chi connectivity index (χ0) is 21.9. The van der Waals surface area contributed by atoms with Gasteiger partial charge in [0.1, 0.15) is 0 Å². The topological polar surface area (TPSA) is 66.5 Å². The van der Waals surface area contributed by atoms with Crippen molar-refractivity contribution in [3.8, 4) is 0 Å². The van der Waals surface area contributed by atoms with Crippen LogP contribution in [0.1, 0.15) is 36.8 Å². The van der Waals surface area contributed by atoms with Crippen molar-refractivity contribution < 1.29 is 26.4 Å². The second-order valence-corrected chi connectivity index (χ2v) is 9.30. The summed E-state index contributed by atoms with van der Waals surface area (Å²) in [6.45, 7) is 2.16. The number of carbonyl (C=O) groups excluding carboxylic acids is 1. The summed E-state index contributed by atoms with van der Waals surface area (Å²) >= 11 is 0. The average Bonchev–Trinajstić information content (AvgIpc) is 2.68. The van der Waals surface area contributed by atoms with Gasteiger partial charge in [-0.2, -0.15) is 17.5 Å². The Morgan fingerprint density at radius 3 is 2.50 bits per heavy atom. The number of nitrogens with zero attached hydrogens (tertiary/aromatic N) is 1. The first-order chi connectivity index (χ1) is 14.1. The van der Waals surface area contributed by atoms with E-state index < -0.39 is 33.7 Å². The van der Waals surface area contributed by atoms with Crippen molar-refractivity contribution in [2.45, 2.75) is 49.7 Å². The van der Waals surface area contributed by atoms with Crippen molar-refractivity contribution in [2.24, 2.45) is 0 Å². The summed E-state index contributed by atoms with van der Waals surface area (Å²) in [6, 6.07) is 10.3. The maximum atomic E-state index is 13.1. The van der Waals surface area contributed by atoms with Gasteiger partial charge in [-0.3, -0.25) is 4.79 Å². The Balaban J connectivity index is 1.74. The van der Waals surface area contributed by atoms with Gasteiger partial charge in [-0.25, -0.2) is 8.42 Å². The summed E-state index contributed by atoms with van der Waals surface area (Å²) < 4.78 is 66.1. The molecule has 1 aliphatic rings. The van der Waals surface area contributed by atoms with Crippen LogP contribution in [-0.4, -0.2) is 31.2 Å². The highest BCUT2D eigenvalue weighted by atomic mass is 32.2. The van der Waals surface area contributed by atoms with E-state index >= 15 is 0 Å². The zero-order valence-corrected chi connectivity index (χ0v) is 17.3. The van der Waals surface area contributed by atoms with Gasteiger partial charge in [-0.1, -0.05) is 30.2 Å². The maximum Gasteiger partial charge on any atom is 0.416 e. The zero-order valence-electron chi connectivity index (χ0n) is 16.4. The number of anilines is 1. The lowest BCUT2D eigenvalue weighted by Gasteiger charge is -2.34. The van der Waals surface area contributed by atoms with Gasteiger partial charge in [-0.15, -0.1) is 0 Å². The fourth-order valence-corrected chi connectivity index (χ4v) is 5.23. The molecule has 162 valence electrons. The predicted octanol–water partition coefficient (Wildman–Crippen LogP) is 4.59. The Morgan fingerprint density at radius 2 is 1.83 bits per heavy atom. The molecule has 0 spiro atoms. The van der Waals surface area contributed by atoms with Crippen molar-refractivity contribution in [1.29, 1.82) is 0 Å². The summed E-state index contributed by atoms with van der Waals surface area (Å²) in [6.07, 6.45) is -2.65. The molecule has 1 amide bonds. The molecule has 0 aromatic heterocycles. The van der Waals surface area contributed by atoms with Crippen LogP contribution in [0.3, 0.4) is 0 Å². The smallest absolute Gasteiger partial charge is 0.326 e. The lowest BCUT2D eigenvalue weighted by atomic mass is 10.0. The van der Waals surface area contributed by atoms with Crippen molar-refractivity contribution in [1.82, 2.24) is 4.31 Å². The molecule has 1 aliphatic heterocycles. The minimum Gasteiger partial charge on any atom is -0.326 e. The number of rotatable bonds is 5. The van der Waals surface area contributed by atoms with E-state index in [0.29, 0.717) is 19.4 Å². The number of hydrogen-bond acceptors (Lipinski definition) is 3. The molecule has 0 saturated carbocycles. The summed E-state index contributed by atoms with van der Waals surface area (Å²) in [5.74, 6) is -0.523. The SMILES string of the molecule is Cc1ccc(S(=O)(=O)N2CCCC[C@H]2CC(=O)Nc2cccc(C(F)(F)F)c2)cc1. The number of amides is 1. The van der Waals surface area contributed by atoms with E-state index in [-0.39, 0.29) is 17.0 Å². The summed E-state index contributed by atoms with van der Waals surface area (Å²) in [7, 11) is -3.77. The minimum atomic E-state index is -4.51. The molecule has 9 heteroatoms. The molecule has 0 bridgehead atoms. The van der Waals surface area contributed by atoms with Crippen LogP contribution in [0.2, 0.25) is 0 Å². The highest BCUT2D eigenvalue weighted by Gasteiger charge is 2.35. The number of benzene rings is 2. The summed E-state index contributed by atoms with van der Waals surface area (Å²) in [5.41, 5.74) is 0.102. The molecule has 2 aromatic carbocycles. The normalized spacial score (nSPS) is 18.2. The second-order valence-electron chi connectivity index (χ2n) is 7.41. The van der Waals surface area contributed by atoms with E-state index in [1.807, 2.05) is 6.92 Å². The highest BCUT2D eigenvalue weighted by molar-refractivity contribution is 7.89. The number of aryl methyl sites for hydroxylation is 1. The van der Waals surface area contributed by atoms with Gasteiger partial charge in [0.2, 0.25) is 15.9 Å². The number of piperidine rings is 1. The van der Waals surface area contributed by atoms with E-state index in [2.05, 4.69) is 5.32 Å². The van der Waals surface area contributed by atoms with Gasteiger partial charge in [-0.05, 0) is 50.1 Å². The van der Waals surface area contributed by atoms with Crippen LogP contribution in [0, 0.1) is 6.92 Å². The molecule has 1 atom stereocenters. The molecule has 0 unspecified atom stereocenters. The average molecular weight is 440 g/mol. The van der Waals surface area contributed by atoms with Crippen molar-refractivity contribution in [3.05, 3.63) is 59.7 Å². The van der Waals surface area contributed by atoms with Crippen molar-refractivity contribution in [2.75, 3.05) is 11.9 Å². The van der Waals surface area contributed by atoms with E-state index in [9.17, 15) is 26.4 Å². The summed E-state index contributed by atoms with van der Waals surface area (Å²) in [5, 5.41) is 2.46. The molecular formula is C21H23F3N2O3S. The van der Waals surface area contributed by atoms with Crippen LogP contribution in [0.4, 0.5) is 18.9 Å². The van der Waals surface area contributed by atoms with Crippen molar-refractivity contribution >= 4 is 21.6 Å². The first kappa shape index (κ1) is 22.3. The van der Waals surface area contributed by atoms with Gasteiger partial charge in [0, 0.05) is 24.7 Å². The molecule has 0 radical (unpaired) electrons. The lowest BCUT2D eigenvalue weighted by molar-refractivity contribution is -0.137. The van der Waals surface area contributed by atoms with E-state index in [1.165, 1.54) is 16.4 Å². The molecule has 30 heavy (non-hydrogen) atoms. The Hall–Kier alpha value is -2.39. The van der Waals surface area contributed by atoms with Gasteiger partial charge >= 0.3 is 6.18 Å². The Labute approximate surface area is 173 Å². The third-order valence-corrected chi connectivity index (χ3v) is 7.06. The van der Waals surface area contributed by atoms with E-state index in [0.717, 1.165) is 24.1 Å². The van der Waals surface area contributed by atoms with Gasteiger partial charge in [0.05, 0.1) is 10.5 Å². The fraction of sp³-hybridized carbons (Fsp3) is 0.381. The fourth-order valence-electron chi connectivity index (χ4n) is 3.54. The molecule has 1 fully saturated rings. The largest absolute Gasteiger partial charge is 0.416 e. The van der Waals surface area contributed by atoms with Crippen LogP contribution >= 0.6 is 0 Å². The Kier molecular flexibility index (Phi) is 6.52. The lowest BCUT2D eigenvalue weighted by Crippen LogP contribution is -2.45. The Bertz CT molecular complexity index is 1000. The third-order valence-electron chi connectivity index (χ3n) is 5.10. The van der Waals surface area contributed by atoms with Crippen LogP contribution in [0.25, 0.3) is 0 Å². The first-order valence-corrected chi connectivity index (χ1v) is 11.1. The summed E-state index contributed by atoms with van der Waals surface area (Å²) in [4.78, 5) is 12.6. The molecule has 1 heterocycles. The standard InChI is InChI=1S/C21H23F3N2O3S/c1-15-8-10-19(11-9-15)30(28,29)26-12-3-2-7-18(26)14-20(27)25-17-6-4-5-16(13-17)21(22,23)24/h4-6,8-11,13,18H,2-3,7,12,14H2,1H3,(H,25,27)/t18-/m0/s1. The molecule has 2 aromatic rings. The molecule has 5 nitrogen and oxygen atoms in total.